The molecule has 0 bridgehead atoms. The van der Waals surface area contributed by atoms with Gasteiger partial charge in [-0.25, -0.2) is 4.39 Å². The van der Waals surface area contributed by atoms with E-state index < -0.39 is 0 Å². The highest BCUT2D eigenvalue weighted by atomic mass is 19.1. The van der Waals surface area contributed by atoms with Crippen LogP contribution in [0.5, 0.6) is 0 Å². The number of amides is 1. The van der Waals surface area contributed by atoms with Gasteiger partial charge in [-0.2, -0.15) is 0 Å². The molecule has 2 nitrogen and oxygen atoms in total. The van der Waals surface area contributed by atoms with E-state index in [2.05, 4.69) is 4.90 Å². The van der Waals surface area contributed by atoms with E-state index in [4.69, 9.17) is 0 Å². The molecule has 2 aliphatic rings. The third-order valence-corrected chi connectivity index (χ3v) is 5.17. The van der Waals surface area contributed by atoms with Crippen molar-refractivity contribution in [2.75, 3.05) is 6.54 Å². The normalized spacial score (nSPS) is 23.5. The van der Waals surface area contributed by atoms with Gasteiger partial charge in [0.1, 0.15) is 5.82 Å². The minimum Gasteiger partial charge on any atom is -0.335 e. The number of benzene rings is 1. The molecular formula is C18H24FNO. The molecule has 1 aromatic rings. The summed E-state index contributed by atoms with van der Waals surface area (Å²) in [6.07, 6.45) is 8.71. The number of halogens is 1. The van der Waals surface area contributed by atoms with Crippen molar-refractivity contribution in [2.45, 2.75) is 57.9 Å². The van der Waals surface area contributed by atoms with E-state index in [1.54, 1.807) is 6.07 Å². The van der Waals surface area contributed by atoms with Crippen molar-refractivity contribution in [2.24, 2.45) is 5.92 Å². The Morgan fingerprint density at radius 2 is 1.90 bits per heavy atom. The van der Waals surface area contributed by atoms with Crippen LogP contribution in [0.4, 0.5) is 4.39 Å². The maximum absolute atomic E-state index is 13.2. The van der Waals surface area contributed by atoms with Crippen LogP contribution in [0, 0.1) is 18.7 Å². The highest BCUT2D eigenvalue weighted by Gasteiger charge is 2.35. The van der Waals surface area contributed by atoms with Gasteiger partial charge in [-0.05, 0) is 62.3 Å². The van der Waals surface area contributed by atoms with Crippen LogP contribution in [0.3, 0.4) is 0 Å². The zero-order valence-corrected chi connectivity index (χ0v) is 12.8. The average Bonchev–Trinajstić information content (AvgIpc) is 2.97. The molecule has 1 atom stereocenters. The van der Waals surface area contributed by atoms with E-state index in [9.17, 15) is 9.18 Å². The second-order valence-corrected chi connectivity index (χ2v) is 6.57. The molecule has 1 aliphatic carbocycles. The largest absolute Gasteiger partial charge is 0.335 e. The van der Waals surface area contributed by atoms with Crippen molar-refractivity contribution in [1.82, 2.24) is 4.90 Å². The number of hydrogen-bond acceptors (Lipinski definition) is 1. The summed E-state index contributed by atoms with van der Waals surface area (Å²) in [6, 6.07) is 4.90. The fourth-order valence-electron chi connectivity index (χ4n) is 4.08. The third kappa shape index (κ3) is 2.97. The van der Waals surface area contributed by atoms with Crippen LogP contribution in [0.2, 0.25) is 0 Å². The van der Waals surface area contributed by atoms with Gasteiger partial charge in [0.25, 0.3) is 5.91 Å². The van der Waals surface area contributed by atoms with E-state index in [-0.39, 0.29) is 11.7 Å². The number of aryl methyl sites for hydroxylation is 1. The van der Waals surface area contributed by atoms with Gasteiger partial charge in [-0.1, -0.05) is 19.3 Å². The summed E-state index contributed by atoms with van der Waals surface area (Å²) in [5.74, 6) is 0.501. The van der Waals surface area contributed by atoms with Gasteiger partial charge in [0.05, 0.1) is 0 Å². The first-order valence-corrected chi connectivity index (χ1v) is 8.24. The zero-order valence-electron chi connectivity index (χ0n) is 12.8. The molecule has 0 aromatic heterocycles. The Kier molecular flexibility index (Phi) is 4.27. The van der Waals surface area contributed by atoms with Gasteiger partial charge >= 0.3 is 0 Å². The first-order valence-electron chi connectivity index (χ1n) is 8.24. The summed E-state index contributed by atoms with van der Waals surface area (Å²) < 4.78 is 13.2. The Bertz CT molecular complexity index is 522. The van der Waals surface area contributed by atoms with Gasteiger partial charge in [0, 0.05) is 18.2 Å². The molecule has 0 radical (unpaired) electrons. The quantitative estimate of drug-likeness (QED) is 0.794. The van der Waals surface area contributed by atoms with Crippen LogP contribution in [0.25, 0.3) is 0 Å². The SMILES string of the molecule is Cc1cc(F)ccc1C(=O)N1CCCC1C1CCCCC1. The van der Waals surface area contributed by atoms with Crippen molar-refractivity contribution in [3.05, 3.63) is 35.1 Å². The molecule has 1 unspecified atom stereocenters. The van der Waals surface area contributed by atoms with Crippen molar-refractivity contribution < 1.29 is 9.18 Å². The summed E-state index contributed by atoms with van der Waals surface area (Å²) >= 11 is 0. The minimum atomic E-state index is -0.269. The number of carbonyl (C=O) groups is 1. The van der Waals surface area contributed by atoms with Gasteiger partial charge in [-0.15, -0.1) is 0 Å². The molecular weight excluding hydrogens is 265 g/mol. The van der Waals surface area contributed by atoms with Crippen LogP contribution in [0.1, 0.15) is 60.9 Å². The van der Waals surface area contributed by atoms with Crippen molar-refractivity contribution in [1.29, 1.82) is 0 Å². The number of rotatable bonds is 2. The van der Waals surface area contributed by atoms with E-state index >= 15 is 0 Å². The molecule has 114 valence electrons. The van der Waals surface area contributed by atoms with Crippen LogP contribution in [-0.2, 0) is 0 Å². The number of likely N-dealkylation sites (tertiary alicyclic amines) is 1. The lowest BCUT2D eigenvalue weighted by atomic mass is 9.83. The molecule has 1 saturated heterocycles. The van der Waals surface area contributed by atoms with Crippen molar-refractivity contribution >= 4 is 5.91 Å². The smallest absolute Gasteiger partial charge is 0.254 e. The van der Waals surface area contributed by atoms with Gasteiger partial charge < -0.3 is 4.90 Å². The van der Waals surface area contributed by atoms with Crippen LogP contribution in [-0.4, -0.2) is 23.4 Å². The lowest BCUT2D eigenvalue weighted by molar-refractivity contribution is 0.0660. The van der Waals surface area contributed by atoms with Crippen LogP contribution in [0.15, 0.2) is 18.2 Å². The first-order chi connectivity index (χ1) is 10.2. The van der Waals surface area contributed by atoms with Crippen LogP contribution < -0.4 is 0 Å². The van der Waals surface area contributed by atoms with E-state index in [0.29, 0.717) is 17.5 Å². The first kappa shape index (κ1) is 14.6. The van der Waals surface area contributed by atoms with Crippen LogP contribution >= 0.6 is 0 Å². The number of nitrogens with zero attached hydrogens (tertiary/aromatic N) is 1. The third-order valence-electron chi connectivity index (χ3n) is 5.17. The predicted octanol–water partition coefficient (Wildman–Crippen LogP) is 4.32. The minimum absolute atomic E-state index is 0.0978. The maximum Gasteiger partial charge on any atom is 0.254 e. The van der Waals surface area contributed by atoms with Gasteiger partial charge in [-0.3, -0.25) is 4.79 Å². The molecule has 21 heavy (non-hydrogen) atoms. The van der Waals surface area contributed by atoms with Gasteiger partial charge in [0.15, 0.2) is 0 Å². The summed E-state index contributed by atoms with van der Waals surface area (Å²) in [4.78, 5) is 14.9. The molecule has 1 aromatic carbocycles. The second kappa shape index (κ2) is 6.17. The highest BCUT2D eigenvalue weighted by Crippen LogP contribution is 2.35. The molecule has 1 aliphatic heterocycles. The van der Waals surface area contributed by atoms with Gasteiger partial charge in [0.2, 0.25) is 0 Å². The molecule has 0 spiro atoms. The van der Waals surface area contributed by atoms with Crippen molar-refractivity contribution in [3.63, 3.8) is 0 Å². The highest BCUT2D eigenvalue weighted by molar-refractivity contribution is 5.96. The molecule has 3 heteroatoms. The molecule has 3 rings (SSSR count). The van der Waals surface area contributed by atoms with E-state index in [1.165, 1.54) is 44.2 Å². The Hall–Kier alpha value is -1.38. The maximum atomic E-state index is 13.2. The predicted molar refractivity (Wildman–Crippen MR) is 81.8 cm³/mol. The number of carbonyl (C=O) groups excluding carboxylic acids is 1. The molecule has 1 amide bonds. The molecule has 2 fully saturated rings. The summed E-state index contributed by atoms with van der Waals surface area (Å²) in [5.41, 5.74) is 1.41. The van der Waals surface area contributed by atoms with E-state index in [1.807, 2.05) is 6.92 Å². The zero-order chi connectivity index (χ0) is 14.8. The molecule has 0 N–H and O–H groups in total. The fourth-order valence-corrected chi connectivity index (χ4v) is 4.08. The lowest BCUT2D eigenvalue weighted by Gasteiger charge is -2.34. The summed E-state index contributed by atoms with van der Waals surface area (Å²) in [7, 11) is 0. The second-order valence-electron chi connectivity index (χ2n) is 6.57. The van der Waals surface area contributed by atoms with E-state index in [0.717, 1.165) is 24.9 Å². The Balaban J connectivity index is 1.79. The standard InChI is InChI=1S/C18H24FNO/c1-13-12-15(19)9-10-16(13)18(21)20-11-5-8-17(20)14-6-3-2-4-7-14/h9-10,12,14,17H,2-8,11H2,1H3. The monoisotopic (exact) mass is 289 g/mol. The summed E-state index contributed by atoms with van der Waals surface area (Å²) in [5, 5.41) is 0. The Morgan fingerprint density at radius 1 is 1.14 bits per heavy atom. The topological polar surface area (TPSA) is 20.3 Å². The lowest BCUT2D eigenvalue weighted by Crippen LogP contribution is -2.41. The Morgan fingerprint density at radius 3 is 2.62 bits per heavy atom. The molecule has 1 heterocycles. The van der Waals surface area contributed by atoms with Crippen molar-refractivity contribution in [3.8, 4) is 0 Å². The fraction of sp³-hybridized carbons (Fsp3) is 0.611. The average molecular weight is 289 g/mol. The summed E-state index contributed by atoms with van der Waals surface area (Å²) in [6.45, 7) is 2.68. The molecule has 1 saturated carbocycles. The Labute approximate surface area is 126 Å². The number of hydrogen-bond donors (Lipinski definition) is 0.